The Hall–Kier alpha value is -1.83. The molecule has 1 aromatic rings. The molecule has 98 valence electrons. The fourth-order valence-electron chi connectivity index (χ4n) is 1.17. The lowest BCUT2D eigenvalue weighted by Gasteiger charge is -2.13. The summed E-state index contributed by atoms with van der Waals surface area (Å²) in [6.45, 7) is 0. The summed E-state index contributed by atoms with van der Waals surface area (Å²) in [6, 6.07) is 4.49. The van der Waals surface area contributed by atoms with Crippen LogP contribution in [0.15, 0.2) is 24.3 Å². The van der Waals surface area contributed by atoms with Gasteiger partial charge in [-0.3, -0.25) is 15.6 Å². The number of thiocarbonyl (C=S) groups is 1. The predicted molar refractivity (Wildman–Crippen MR) is 63.7 cm³/mol. The first-order valence-electron chi connectivity index (χ1n) is 4.80. The van der Waals surface area contributed by atoms with Crippen molar-refractivity contribution in [3.63, 3.8) is 0 Å². The molecule has 0 radical (unpaired) electrons. The minimum absolute atomic E-state index is 0.0906. The first-order chi connectivity index (χ1) is 8.36. The largest absolute Gasteiger partial charge is 0.417 e. The summed E-state index contributed by atoms with van der Waals surface area (Å²) >= 11 is 4.67. The van der Waals surface area contributed by atoms with E-state index in [0.29, 0.717) is 0 Å². The van der Waals surface area contributed by atoms with Gasteiger partial charge < -0.3 is 5.32 Å². The maximum Gasteiger partial charge on any atom is 0.417 e. The molecule has 0 aromatic heterocycles. The lowest BCUT2D eigenvalue weighted by molar-refractivity contribution is -0.137. The number of hydrogen-bond donors (Lipinski definition) is 3. The van der Waals surface area contributed by atoms with Crippen LogP contribution >= 0.6 is 12.2 Å². The van der Waals surface area contributed by atoms with E-state index in [4.69, 9.17) is 0 Å². The summed E-state index contributed by atoms with van der Waals surface area (Å²) in [5.41, 5.74) is 2.86. The molecule has 0 heterocycles. The van der Waals surface area contributed by atoms with Crippen LogP contribution in [0.3, 0.4) is 0 Å². The molecule has 0 unspecified atom stereocenters. The molecule has 1 amide bonds. The van der Waals surface area contributed by atoms with Crippen molar-refractivity contribution in [1.82, 2.24) is 16.2 Å². The van der Waals surface area contributed by atoms with Crippen molar-refractivity contribution in [2.45, 2.75) is 6.18 Å². The summed E-state index contributed by atoms with van der Waals surface area (Å²) in [4.78, 5) is 11.6. The molecule has 0 spiro atoms. The van der Waals surface area contributed by atoms with Crippen LogP contribution in [0.4, 0.5) is 13.2 Å². The number of carbonyl (C=O) groups excluding carboxylic acids is 1. The Kier molecular flexibility index (Phi) is 4.49. The van der Waals surface area contributed by atoms with E-state index < -0.39 is 23.2 Å². The van der Waals surface area contributed by atoms with Crippen LogP contribution in [-0.4, -0.2) is 18.1 Å². The van der Waals surface area contributed by atoms with Gasteiger partial charge in [0.1, 0.15) is 0 Å². The van der Waals surface area contributed by atoms with Crippen LogP contribution in [0.25, 0.3) is 0 Å². The SMILES string of the molecule is CNC(=S)NNC(=O)c1ccccc1C(F)(F)F. The van der Waals surface area contributed by atoms with Gasteiger partial charge in [-0.05, 0) is 24.4 Å². The first-order valence-corrected chi connectivity index (χ1v) is 5.21. The summed E-state index contributed by atoms with van der Waals surface area (Å²) in [6.07, 6.45) is -4.59. The van der Waals surface area contributed by atoms with Gasteiger partial charge in [0.05, 0.1) is 11.1 Å². The van der Waals surface area contributed by atoms with Gasteiger partial charge in [0.25, 0.3) is 5.91 Å². The summed E-state index contributed by atoms with van der Waals surface area (Å²) in [7, 11) is 1.51. The van der Waals surface area contributed by atoms with Crippen LogP contribution in [0, 0.1) is 0 Å². The van der Waals surface area contributed by atoms with Gasteiger partial charge in [0.2, 0.25) is 0 Å². The Morgan fingerprint density at radius 2 is 1.83 bits per heavy atom. The molecule has 0 aliphatic rings. The lowest BCUT2D eigenvalue weighted by Crippen LogP contribution is -2.46. The van der Waals surface area contributed by atoms with Crippen molar-refractivity contribution in [2.24, 2.45) is 0 Å². The third-order valence-electron chi connectivity index (χ3n) is 1.99. The second kappa shape index (κ2) is 5.67. The number of nitrogens with one attached hydrogen (secondary N) is 3. The van der Waals surface area contributed by atoms with E-state index in [0.717, 1.165) is 12.1 Å². The van der Waals surface area contributed by atoms with Crippen LogP contribution in [0.1, 0.15) is 15.9 Å². The van der Waals surface area contributed by atoms with Crippen LogP contribution in [0.2, 0.25) is 0 Å². The molecule has 3 N–H and O–H groups in total. The number of hydrogen-bond acceptors (Lipinski definition) is 2. The highest BCUT2D eigenvalue weighted by molar-refractivity contribution is 7.80. The van der Waals surface area contributed by atoms with E-state index in [2.05, 4.69) is 28.4 Å². The van der Waals surface area contributed by atoms with Crippen LogP contribution in [-0.2, 0) is 6.18 Å². The lowest BCUT2D eigenvalue weighted by atomic mass is 10.1. The van der Waals surface area contributed by atoms with E-state index in [9.17, 15) is 18.0 Å². The quantitative estimate of drug-likeness (QED) is 0.537. The van der Waals surface area contributed by atoms with Crippen molar-refractivity contribution < 1.29 is 18.0 Å². The summed E-state index contributed by atoms with van der Waals surface area (Å²) in [5.74, 6) is -0.916. The molecule has 1 aromatic carbocycles. The average Bonchev–Trinajstić information content (AvgIpc) is 2.34. The Balaban J connectivity index is 2.89. The molecular weight excluding hydrogens is 267 g/mol. The minimum Gasteiger partial charge on any atom is -0.364 e. The number of benzene rings is 1. The van der Waals surface area contributed by atoms with Gasteiger partial charge in [0, 0.05) is 7.05 Å². The molecule has 8 heteroatoms. The third-order valence-corrected chi connectivity index (χ3v) is 2.30. The molecule has 0 saturated heterocycles. The van der Waals surface area contributed by atoms with Crippen LogP contribution in [0.5, 0.6) is 0 Å². The fraction of sp³-hybridized carbons (Fsp3) is 0.200. The van der Waals surface area contributed by atoms with Crippen molar-refractivity contribution in [2.75, 3.05) is 7.05 Å². The number of halogens is 3. The molecule has 18 heavy (non-hydrogen) atoms. The Bertz CT molecular complexity index is 462. The van der Waals surface area contributed by atoms with Crippen molar-refractivity contribution >= 4 is 23.2 Å². The molecular formula is C10H10F3N3OS. The molecule has 4 nitrogen and oxygen atoms in total. The molecule has 1 rings (SSSR count). The Labute approximate surface area is 107 Å². The topological polar surface area (TPSA) is 53.2 Å². The second-order valence-electron chi connectivity index (χ2n) is 3.20. The second-order valence-corrected chi connectivity index (χ2v) is 3.61. The smallest absolute Gasteiger partial charge is 0.364 e. The third kappa shape index (κ3) is 3.59. The molecule has 0 bridgehead atoms. The average molecular weight is 277 g/mol. The van der Waals surface area contributed by atoms with Gasteiger partial charge in [-0.25, -0.2) is 0 Å². The van der Waals surface area contributed by atoms with Gasteiger partial charge >= 0.3 is 6.18 Å². The predicted octanol–water partition coefficient (Wildman–Crippen LogP) is 1.44. The van der Waals surface area contributed by atoms with E-state index >= 15 is 0 Å². The monoisotopic (exact) mass is 277 g/mol. The number of hydrazine groups is 1. The van der Waals surface area contributed by atoms with Gasteiger partial charge in [-0.1, -0.05) is 12.1 Å². The Morgan fingerprint density at radius 1 is 1.22 bits per heavy atom. The highest BCUT2D eigenvalue weighted by Crippen LogP contribution is 2.31. The zero-order valence-electron chi connectivity index (χ0n) is 9.26. The van der Waals surface area contributed by atoms with E-state index in [1.165, 1.54) is 19.2 Å². The van der Waals surface area contributed by atoms with Crippen molar-refractivity contribution in [1.29, 1.82) is 0 Å². The zero-order chi connectivity index (χ0) is 13.8. The molecule has 0 atom stereocenters. The standard InChI is InChI=1S/C10H10F3N3OS/c1-14-9(18)16-15-8(17)6-4-2-3-5-7(6)10(11,12)13/h2-5H,1H3,(H,15,17)(H2,14,16,18). The number of alkyl halides is 3. The molecule has 0 aliphatic heterocycles. The normalized spacial score (nSPS) is 10.7. The maximum atomic E-state index is 12.6. The Morgan fingerprint density at radius 3 is 2.39 bits per heavy atom. The molecule has 0 saturated carbocycles. The number of amides is 1. The van der Waals surface area contributed by atoms with Crippen molar-refractivity contribution in [3.05, 3.63) is 35.4 Å². The van der Waals surface area contributed by atoms with E-state index in [1.807, 2.05) is 0 Å². The van der Waals surface area contributed by atoms with E-state index in [1.54, 1.807) is 0 Å². The number of rotatable bonds is 1. The van der Waals surface area contributed by atoms with Gasteiger partial charge in [-0.15, -0.1) is 0 Å². The summed E-state index contributed by atoms with van der Waals surface area (Å²) in [5, 5.41) is 2.59. The first kappa shape index (κ1) is 14.2. The van der Waals surface area contributed by atoms with Crippen LogP contribution < -0.4 is 16.2 Å². The molecule has 0 fully saturated rings. The summed E-state index contributed by atoms with van der Waals surface area (Å²) < 4.78 is 37.9. The zero-order valence-corrected chi connectivity index (χ0v) is 10.1. The van der Waals surface area contributed by atoms with E-state index in [-0.39, 0.29) is 5.11 Å². The highest BCUT2D eigenvalue weighted by Gasteiger charge is 2.34. The van der Waals surface area contributed by atoms with Gasteiger partial charge in [-0.2, -0.15) is 13.2 Å². The highest BCUT2D eigenvalue weighted by atomic mass is 32.1. The minimum atomic E-state index is -4.59. The van der Waals surface area contributed by atoms with Crippen molar-refractivity contribution in [3.8, 4) is 0 Å². The maximum absolute atomic E-state index is 12.6. The van der Waals surface area contributed by atoms with Gasteiger partial charge in [0.15, 0.2) is 5.11 Å². The number of carbonyl (C=O) groups is 1. The molecule has 0 aliphatic carbocycles. The fourth-order valence-corrected chi connectivity index (χ4v) is 1.22.